The summed E-state index contributed by atoms with van der Waals surface area (Å²) in [5, 5.41) is 3.26. The Bertz CT molecular complexity index is 253. The van der Waals surface area contributed by atoms with Crippen LogP contribution >= 0.6 is 0 Å². The Morgan fingerprint density at radius 3 is 2.24 bits per heavy atom. The first-order valence-corrected chi connectivity index (χ1v) is 7.28. The lowest BCUT2D eigenvalue weighted by atomic mass is 9.73. The van der Waals surface area contributed by atoms with Gasteiger partial charge in [0.2, 0.25) is 5.91 Å². The first kappa shape index (κ1) is 12.9. The number of hydrogen-bond acceptors (Lipinski definition) is 2. The summed E-state index contributed by atoms with van der Waals surface area (Å²) in [5.41, 5.74) is 5.64. The van der Waals surface area contributed by atoms with Gasteiger partial charge in [-0.05, 0) is 25.7 Å². The number of nitrogens with one attached hydrogen (secondary N) is 1. The summed E-state index contributed by atoms with van der Waals surface area (Å²) in [4.78, 5) is 12.4. The molecule has 0 spiro atoms. The van der Waals surface area contributed by atoms with Crippen molar-refractivity contribution in [2.24, 2.45) is 11.1 Å². The van der Waals surface area contributed by atoms with Crippen molar-refractivity contribution in [2.45, 2.75) is 70.3 Å². The minimum absolute atomic E-state index is 0.240. The molecular formula is C14H26N2O. The van der Waals surface area contributed by atoms with Crippen LogP contribution in [0.5, 0.6) is 0 Å². The van der Waals surface area contributed by atoms with Crippen LogP contribution in [0.3, 0.4) is 0 Å². The third kappa shape index (κ3) is 3.01. The van der Waals surface area contributed by atoms with E-state index < -0.39 is 0 Å². The molecule has 2 aliphatic carbocycles. The summed E-state index contributed by atoms with van der Waals surface area (Å²) in [7, 11) is 0. The molecule has 3 heteroatoms. The second kappa shape index (κ2) is 5.85. The van der Waals surface area contributed by atoms with Gasteiger partial charge in [-0.3, -0.25) is 4.79 Å². The minimum Gasteiger partial charge on any atom is -0.353 e. The van der Waals surface area contributed by atoms with Crippen LogP contribution in [-0.2, 0) is 4.79 Å². The molecule has 2 fully saturated rings. The highest BCUT2D eigenvalue weighted by Gasteiger charge is 2.38. The lowest BCUT2D eigenvalue weighted by Crippen LogP contribution is -2.50. The van der Waals surface area contributed by atoms with Gasteiger partial charge in [0, 0.05) is 12.6 Å². The Balaban J connectivity index is 1.91. The molecule has 17 heavy (non-hydrogen) atoms. The zero-order valence-corrected chi connectivity index (χ0v) is 10.8. The van der Waals surface area contributed by atoms with Gasteiger partial charge in [-0.15, -0.1) is 0 Å². The quantitative estimate of drug-likeness (QED) is 0.793. The van der Waals surface area contributed by atoms with Crippen molar-refractivity contribution >= 4 is 5.91 Å². The number of rotatable bonds is 3. The molecular weight excluding hydrogens is 212 g/mol. The average Bonchev–Trinajstić information content (AvgIpc) is 2.40. The number of hydrogen-bond donors (Lipinski definition) is 2. The van der Waals surface area contributed by atoms with E-state index in [1.165, 1.54) is 25.7 Å². The fourth-order valence-corrected chi connectivity index (χ4v) is 3.34. The first-order valence-electron chi connectivity index (χ1n) is 7.28. The Kier molecular flexibility index (Phi) is 4.43. The lowest BCUT2D eigenvalue weighted by molar-refractivity contribution is -0.133. The van der Waals surface area contributed by atoms with E-state index >= 15 is 0 Å². The van der Waals surface area contributed by atoms with Crippen molar-refractivity contribution < 1.29 is 4.79 Å². The Morgan fingerprint density at radius 2 is 1.65 bits per heavy atom. The van der Waals surface area contributed by atoms with Crippen molar-refractivity contribution in [3.8, 4) is 0 Å². The summed E-state index contributed by atoms with van der Waals surface area (Å²) in [6, 6.07) is 0.418. The molecule has 0 radical (unpaired) electrons. The molecule has 3 N–H and O–H groups in total. The van der Waals surface area contributed by atoms with Gasteiger partial charge in [0.15, 0.2) is 0 Å². The van der Waals surface area contributed by atoms with Crippen molar-refractivity contribution in [1.82, 2.24) is 5.32 Å². The Hall–Kier alpha value is -0.570. The van der Waals surface area contributed by atoms with E-state index in [1.807, 2.05) is 0 Å². The van der Waals surface area contributed by atoms with Gasteiger partial charge in [0.1, 0.15) is 0 Å². The van der Waals surface area contributed by atoms with Gasteiger partial charge in [-0.2, -0.15) is 0 Å². The Labute approximate surface area is 105 Å². The minimum atomic E-state index is -0.240. The number of carbonyl (C=O) groups excluding carboxylic acids is 1. The molecule has 1 amide bonds. The standard InChI is InChI=1S/C14H26N2O/c15-11-14(9-5-2-6-10-14)13(17)16-12-7-3-1-4-8-12/h12H,1-11,15H2,(H,16,17). The maximum Gasteiger partial charge on any atom is 0.227 e. The van der Waals surface area contributed by atoms with E-state index in [0.29, 0.717) is 12.6 Å². The lowest BCUT2D eigenvalue weighted by Gasteiger charge is -2.36. The maximum atomic E-state index is 12.4. The van der Waals surface area contributed by atoms with Gasteiger partial charge in [-0.1, -0.05) is 38.5 Å². The summed E-state index contributed by atoms with van der Waals surface area (Å²) in [5.74, 6) is 0.242. The van der Waals surface area contributed by atoms with Crippen LogP contribution in [-0.4, -0.2) is 18.5 Å². The second-order valence-corrected chi connectivity index (χ2v) is 5.85. The highest BCUT2D eigenvalue weighted by atomic mass is 16.2. The molecule has 0 unspecified atom stereocenters. The highest BCUT2D eigenvalue weighted by molar-refractivity contribution is 5.83. The van der Waals surface area contributed by atoms with Crippen LogP contribution in [0.1, 0.15) is 64.2 Å². The molecule has 2 aliphatic rings. The zero-order chi connectivity index (χ0) is 12.1. The summed E-state index contributed by atoms with van der Waals surface area (Å²) in [6.45, 7) is 0.519. The topological polar surface area (TPSA) is 55.1 Å². The van der Waals surface area contributed by atoms with Crippen molar-refractivity contribution in [3.63, 3.8) is 0 Å². The predicted octanol–water partition coefficient (Wildman–Crippen LogP) is 2.34. The molecule has 3 nitrogen and oxygen atoms in total. The van der Waals surface area contributed by atoms with Crippen LogP contribution in [0.4, 0.5) is 0 Å². The first-order chi connectivity index (χ1) is 8.27. The molecule has 0 aromatic carbocycles. The van der Waals surface area contributed by atoms with Crippen molar-refractivity contribution in [1.29, 1.82) is 0 Å². The van der Waals surface area contributed by atoms with E-state index in [9.17, 15) is 4.79 Å². The number of amides is 1. The molecule has 2 saturated carbocycles. The molecule has 0 aromatic heterocycles. The monoisotopic (exact) mass is 238 g/mol. The average molecular weight is 238 g/mol. The Morgan fingerprint density at radius 1 is 1.06 bits per heavy atom. The molecule has 0 heterocycles. The third-order valence-corrected chi connectivity index (χ3v) is 4.62. The summed E-state index contributed by atoms with van der Waals surface area (Å²) < 4.78 is 0. The van der Waals surface area contributed by atoms with E-state index in [0.717, 1.165) is 38.5 Å². The number of carbonyl (C=O) groups is 1. The fourth-order valence-electron chi connectivity index (χ4n) is 3.34. The molecule has 0 bridgehead atoms. The molecule has 0 aromatic rings. The number of nitrogens with two attached hydrogens (primary N) is 1. The molecule has 0 saturated heterocycles. The van der Waals surface area contributed by atoms with Crippen LogP contribution in [0.25, 0.3) is 0 Å². The van der Waals surface area contributed by atoms with Crippen molar-refractivity contribution in [3.05, 3.63) is 0 Å². The smallest absolute Gasteiger partial charge is 0.227 e. The fraction of sp³-hybridized carbons (Fsp3) is 0.929. The van der Waals surface area contributed by atoms with Gasteiger partial charge in [0.25, 0.3) is 0 Å². The van der Waals surface area contributed by atoms with Gasteiger partial charge < -0.3 is 11.1 Å². The highest BCUT2D eigenvalue weighted by Crippen LogP contribution is 2.36. The summed E-state index contributed by atoms with van der Waals surface area (Å²) >= 11 is 0. The SMILES string of the molecule is NCC1(C(=O)NC2CCCCC2)CCCCC1. The van der Waals surface area contributed by atoms with Gasteiger partial charge in [0.05, 0.1) is 5.41 Å². The summed E-state index contributed by atoms with van der Waals surface area (Å²) in [6.07, 6.45) is 11.7. The second-order valence-electron chi connectivity index (χ2n) is 5.85. The molecule has 0 atom stereocenters. The van der Waals surface area contributed by atoms with Gasteiger partial charge in [-0.25, -0.2) is 0 Å². The largest absolute Gasteiger partial charge is 0.353 e. The molecule has 2 rings (SSSR count). The van der Waals surface area contributed by atoms with E-state index in [2.05, 4.69) is 5.32 Å². The van der Waals surface area contributed by atoms with Crippen LogP contribution in [0.2, 0.25) is 0 Å². The maximum absolute atomic E-state index is 12.4. The van der Waals surface area contributed by atoms with Crippen LogP contribution in [0.15, 0.2) is 0 Å². The van der Waals surface area contributed by atoms with Crippen LogP contribution < -0.4 is 11.1 Å². The van der Waals surface area contributed by atoms with Crippen molar-refractivity contribution in [2.75, 3.05) is 6.54 Å². The third-order valence-electron chi connectivity index (χ3n) is 4.62. The molecule has 98 valence electrons. The van der Waals surface area contributed by atoms with E-state index in [1.54, 1.807) is 0 Å². The van der Waals surface area contributed by atoms with Gasteiger partial charge >= 0.3 is 0 Å². The normalized spacial score (nSPS) is 25.5. The predicted molar refractivity (Wildman–Crippen MR) is 69.6 cm³/mol. The van der Waals surface area contributed by atoms with E-state index in [4.69, 9.17) is 5.73 Å². The molecule has 0 aliphatic heterocycles. The van der Waals surface area contributed by atoms with E-state index in [-0.39, 0.29) is 11.3 Å². The van der Waals surface area contributed by atoms with Crippen LogP contribution in [0, 0.1) is 5.41 Å². The zero-order valence-electron chi connectivity index (χ0n) is 10.8.